The number of methoxy groups -OCH3 is 1. The Hall–Kier alpha value is -2.72. The Balaban J connectivity index is 1.63. The van der Waals surface area contributed by atoms with Crippen LogP contribution in [-0.4, -0.2) is 57.6 Å². The predicted molar refractivity (Wildman–Crippen MR) is 124 cm³/mol. The predicted octanol–water partition coefficient (Wildman–Crippen LogP) is 2.49. The molecular formula is C21H25N3O5S2. The number of sulfonamides is 1. The highest BCUT2D eigenvalue weighted by atomic mass is 32.2. The van der Waals surface area contributed by atoms with Gasteiger partial charge in [0, 0.05) is 11.5 Å². The second-order valence-corrected chi connectivity index (χ2v) is 9.95. The topological polar surface area (TPSA) is 97.3 Å². The molecule has 1 atom stereocenters. The Morgan fingerprint density at radius 1 is 1.16 bits per heavy atom. The average molecular weight is 464 g/mol. The molecule has 0 unspecified atom stereocenters. The summed E-state index contributed by atoms with van der Waals surface area (Å²) in [5.41, 5.74) is 3.54. The minimum Gasteiger partial charge on any atom is -0.497 e. The quantitative estimate of drug-likeness (QED) is 0.453. The van der Waals surface area contributed by atoms with E-state index in [9.17, 15) is 13.2 Å². The van der Waals surface area contributed by atoms with E-state index in [1.54, 1.807) is 24.3 Å². The minimum absolute atomic E-state index is 0.272. The zero-order valence-corrected chi connectivity index (χ0v) is 19.2. The molecule has 1 N–H and O–H groups in total. The number of ether oxygens (including phenoxy) is 2. The number of benzene rings is 2. The van der Waals surface area contributed by atoms with Crippen molar-refractivity contribution in [2.24, 2.45) is 5.10 Å². The molecule has 0 radical (unpaired) electrons. The summed E-state index contributed by atoms with van der Waals surface area (Å²) in [6.45, 7) is 1.50. The van der Waals surface area contributed by atoms with E-state index in [2.05, 4.69) is 10.5 Å². The van der Waals surface area contributed by atoms with E-state index in [0.717, 1.165) is 33.4 Å². The molecule has 1 fully saturated rings. The molecule has 0 aliphatic carbocycles. The molecule has 3 rings (SSSR count). The van der Waals surface area contributed by atoms with Crippen LogP contribution < -0.4 is 19.2 Å². The molecule has 2 aromatic rings. The number of anilines is 1. The van der Waals surface area contributed by atoms with Crippen LogP contribution in [0.1, 0.15) is 12.5 Å². The first kappa shape index (κ1) is 23.0. The molecule has 10 heteroatoms. The molecule has 166 valence electrons. The summed E-state index contributed by atoms with van der Waals surface area (Å²) in [7, 11) is -2.19. The third-order valence-corrected chi connectivity index (χ3v) is 7.05. The number of carbonyl (C=O) groups excluding carboxylic acids is 1. The van der Waals surface area contributed by atoms with Crippen LogP contribution in [0.2, 0.25) is 0 Å². The van der Waals surface area contributed by atoms with Gasteiger partial charge in [-0.25, -0.2) is 13.8 Å². The van der Waals surface area contributed by atoms with Crippen molar-refractivity contribution in [3.05, 3.63) is 54.1 Å². The lowest BCUT2D eigenvalue weighted by Gasteiger charge is -2.27. The molecule has 1 heterocycles. The van der Waals surface area contributed by atoms with Crippen molar-refractivity contribution in [1.29, 1.82) is 0 Å². The highest BCUT2D eigenvalue weighted by Crippen LogP contribution is 2.25. The molecule has 1 amide bonds. The summed E-state index contributed by atoms with van der Waals surface area (Å²) >= 11 is 1.85. The van der Waals surface area contributed by atoms with E-state index in [1.165, 1.54) is 20.2 Å². The number of nitrogens with zero attached hydrogens (tertiary/aromatic N) is 2. The molecule has 1 aliphatic rings. The van der Waals surface area contributed by atoms with E-state index in [4.69, 9.17) is 9.47 Å². The highest BCUT2D eigenvalue weighted by molar-refractivity contribution is 8.00. The molecule has 1 aliphatic heterocycles. The summed E-state index contributed by atoms with van der Waals surface area (Å²) in [5, 5.41) is 3.96. The zero-order valence-electron chi connectivity index (χ0n) is 17.5. The van der Waals surface area contributed by atoms with Crippen LogP contribution in [0, 0.1) is 0 Å². The fraction of sp³-hybridized carbons (Fsp3) is 0.333. The van der Waals surface area contributed by atoms with Gasteiger partial charge in [0.1, 0.15) is 23.6 Å². The molecule has 8 nitrogen and oxygen atoms in total. The minimum atomic E-state index is -3.71. The van der Waals surface area contributed by atoms with Crippen LogP contribution >= 0.6 is 11.8 Å². The summed E-state index contributed by atoms with van der Waals surface area (Å²) in [6.07, 6.45) is 2.82. The van der Waals surface area contributed by atoms with Gasteiger partial charge >= 0.3 is 0 Å². The SMILES string of the molecule is COc1ccc(N([C@@H](C)C(=O)NN=Cc2ccc(OC3CSC3)cc2)S(C)(=O)=O)cc1. The largest absolute Gasteiger partial charge is 0.497 e. The van der Waals surface area contributed by atoms with Crippen molar-refractivity contribution in [1.82, 2.24) is 5.43 Å². The maximum absolute atomic E-state index is 12.6. The Morgan fingerprint density at radius 3 is 2.29 bits per heavy atom. The highest BCUT2D eigenvalue weighted by Gasteiger charge is 2.29. The van der Waals surface area contributed by atoms with Gasteiger partial charge in [0.25, 0.3) is 5.91 Å². The third-order valence-electron chi connectivity index (χ3n) is 4.59. The van der Waals surface area contributed by atoms with Crippen molar-refractivity contribution in [2.45, 2.75) is 19.1 Å². The number of hydrogen-bond acceptors (Lipinski definition) is 7. The summed E-state index contributed by atoms with van der Waals surface area (Å²) in [6, 6.07) is 12.8. The van der Waals surface area contributed by atoms with Crippen molar-refractivity contribution in [3.63, 3.8) is 0 Å². The lowest BCUT2D eigenvalue weighted by molar-refractivity contribution is -0.121. The monoisotopic (exact) mass is 463 g/mol. The molecule has 2 aromatic carbocycles. The fourth-order valence-corrected chi connectivity index (χ4v) is 4.65. The van der Waals surface area contributed by atoms with Crippen LogP contribution in [0.25, 0.3) is 0 Å². The van der Waals surface area contributed by atoms with Gasteiger partial charge in [-0.3, -0.25) is 9.10 Å². The summed E-state index contributed by atoms with van der Waals surface area (Å²) in [5.74, 6) is 2.84. The first-order valence-corrected chi connectivity index (χ1v) is 12.6. The van der Waals surface area contributed by atoms with E-state index in [0.29, 0.717) is 11.4 Å². The van der Waals surface area contributed by atoms with Crippen molar-refractivity contribution >= 4 is 39.6 Å². The fourth-order valence-electron chi connectivity index (χ4n) is 2.91. The second-order valence-electron chi connectivity index (χ2n) is 7.01. The number of rotatable bonds is 9. The Morgan fingerprint density at radius 2 is 1.77 bits per heavy atom. The lowest BCUT2D eigenvalue weighted by atomic mass is 10.2. The van der Waals surface area contributed by atoms with Crippen molar-refractivity contribution < 1.29 is 22.7 Å². The first-order valence-electron chi connectivity index (χ1n) is 9.59. The van der Waals surface area contributed by atoms with Crippen molar-refractivity contribution in [3.8, 4) is 11.5 Å². The zero-order chi connectivity index (χ0) is 22.4. The molecule has 31 heavy (non-hydrogen) atoms. The Kier molecular flexibility index (Phi) is 7.45. The number of carbonyl (C=O) groups is 1. The molecular weight excluding hydrogens is 438 g/mol. The Bertz CT molecular complexity index is 1020. The second kappa shape index (κ2) is 10.1. The van der Waals surface area contributed by atoms with E-state index in [1.807, 2.05) is 36.0 Å². The van der Waals surface area contributed by atoms with Gasteiger partial charge in [0.05, 0.1) is 25.3 Å². The van der Waals surface area contributed by atoms with Gasteiger partial charge in [0.15, 0.2) is 0 Å². The maximum atomic E-state index is 12.6. The van der Waals surface area contributed by atoms with Gasteiger partial charge in [-0.15, -0.1) is 0 Å². The Labute approximate surface area is 186 Å². The number of hydrogen-bond donors (Lipinski definition) is 1. The molecule has 0 saturated carbocycles. The normalized spacial score (nSPS) is 15.2. The van der Waals surface area contributed by atoms with Crippen LogP contribution in [0.15, 0.2) is 53.6 Å². The molecule has 0 bridgehead atoms. The van der Waals surface area contributed by atoms with Crippen LogP contribution in [-0.2, 0) is 14.8 Å². The van der Waals surface area contributed by atoms with E-state index in [-0.39, 0.29) is 6.10 Å². The van der Waals surface area contributed by atoms with Crippen LogP contribution in [0.4, 0.5) is 5.69 Å². The number of nitrogens with one attached hydrogen (secondary N) is 1. The van der Waals surface area contributed by atoms with Gasteiger partial charge in [-0.1, -0.05) is 0 Å². The maximum Gasteiger partial charge on any atom is 0.263 e. The number of amides is 1. The lowest BCUT2D eigenvalue weighted by Crippen LogP contribution is -2.46. The van der Waals surface area contributed by atoms with Gasteiger partial charge in [-0.05, 0) is 61.0 Å². The van der Waals surface area contributed by atoms with Gasteiger partial charge in [0.2, 0.25) is 10.0 Å². The van der Waals surface area contributed by atoms with Crippen LogP contribution in [0.3, 0.4) is 0 Å². The summed E-state index contributed by atoms with van der Waals surface area (Å²) < 4.78 is 36.6. The number of hydrazone groups is 1. The molecule has 1 saturated heterocycles. The van der Waals surface area contributed by atoms with Crippen LogP contribution in [0.5, 0.6) is 11.5 Å². The smallest absolute Gasteiger partial charge is 0.263 e. The average Bonchev–Trinajstić information content (AvgIpc) is 2.71. The molecule has 0 spiro atoms. The standard InChI is InChI=1S/C21H25N3O5S2/c1-15(24(31(3,26)27)17-6-10-18(28-2)11-7-17)21(25)23-22-12-16-4-8-19(9-5-16)29-20-13-30-14-20/h4-12,15,20H,13-14H2,1-3H3,(H,23,25)/t15-/m0/s1. The van der Waals surface area contributed by atoms with Gasteiger partial charge in [-0.2, -0.15) is 16.9 Å². The van der Waals surface area contributed by atoms with Crippen molar-refractivity contribution in [2.75, 3.05) is 29.2 Å². The third kappa shape index (κ3) is 6.14. The van der Waals surface area contributed by atoms with E-state index >= 15 is 0 Å². The number of thioether (sulfide) groups is 1. The van der Waals surface area contributed by atoms with Gasteiger partial charge < -0.3 is 9.47 Å². The summed E-state index contributed by atoms with van der Waals surface area (Å²) in [4.78, 5) is 12.6. The van der Waals surface area contributed by atoms with E-state index < -0.39 is 22.0 Å². The first-order chi connectivity index (χ1) is 14.8. The molecule has 0 aromatic heterocycles.